The molecule has 1 N–H and O–H groups in total. The van der Waals surface area contributed by atoms with Crippen LogP contribution in [-0.2, 0) is 0 Å². The first kappa shape index (κ1) is 18.9. The highest BCUT2D eigenvalue weighted by Gasteiger charge is 2.26. The number of hydrogen-bond donors (Lipinski definition) is 1. The summed E-state index contributed by atoms with van der Waals surface area (Å²) in [7, 11) is 2.23. The van der Waals surface area contributed by atoms with Crippen molar-refractivity contribution in [2.24, 2.45) is 0 Å². The third kappa shape index (κ3) is 3.87. The van der Waals surface area contributed by atoms with Crippen LogP contribution in [0.4, 0.5) is 5.69 Å². The van der Waals surface area contributed by atoms with Gasteiger partial charge >= 0.3 is 0 Å². The predicted molar refractivity (Wildman–Crippen MR) is 121 cm³/mol. The second-order valence-electron chi connectivity index (χ2n) is 8.34. The maximum atomic E-state index is 6.29. The van der Waals surface area contributed by atoms with Crippen molar-refractivity contribution >= 4 is 28.3 Å². The van der Waals surface area contributed by atoms with Crippen molar-refractivity contribution in [3.63, 3.8) is 0 Å². The Balaban J connectivity index is 1.24. The van der Waals surface area contributed by atoms with E-state index in [1.54, 1.807) is 6.20 Å². The van der Waals surface area contributed by atoms with E-state index in [1.807, 2.05) is 6.07 Å². The average molecular weight is 410 g/mol. The van der Waals surface area contributed by atoms with Gasteiger partial charge in [0.15, 0.2) is 0 Å². The number of benzene rings is 1. The second kappa shape index (κ2) is 7.98. The lowest BCUT2D eigenvalue weighted by Crippen LogP contribution is -2.52. The molecule has 5 rings (SSSR count). The van der Waals surface area contributed by atoms with Crippen LogP contribution in [0.5, 0.6) is 0 Å². The summed E-state index contributed by atoms with van der Waals surface area (Å²) < 4.78 is 0. The van der Waals surface area contributed by atoms with Crippen molar-refractivity contribution in [1.82, 2.24) is 19.8 Å². The van der Waals surface area contributed by atoms with Gasteiger partial charge in [0.1, 0.15) is 5.65 Å². The van der Waals surface area contributed by atoms with E-state index in [1.165, 1.54) is 44.7 Å². The number of pyridine rings is 1. The molecule has 0 atom stereocenters. The summed E-state index contributed by atoms with van der Waals surface area (Å²) in [6.45, 7) is 7.13. The van der Waals surface area contributed by atoms with Crippen LogP contribution in [0.25, 0.3) is 22.3 Å². The van der Waals surface area contributed by atoms with E-state index in [9.17, 15) is 0 Å². The van der Waals surface area contributed by atoms with Crippen molar-refractivity contribution in [3.8, 4) is 11.3 Å². The van der Waals surface area contributed by atoms with Gasteiger partial charge in [-0.25, -0.2) is 4.98 Å². The second-order valence-corrected chi connectivity index (χ2v) is 8.75. The zero-order valence-electron chi connectivity index (χ0n) is 16.9. The molecule has 1 aromatic carbocycles. The molecule has 152 valence electrons. The first-order valence-electron chi connectivity index (χ1n) is 10.6. The van der Waals surface area contributed by atoms with Gasteiger partial charge in [0.2, 0.25) is 0 Å². The minimum absolute atomic E-state index is 0.734. The van der Waals surface area contributed by atoms with Crippen LogP contribution in [-0.4, -0.2) is 72.1 Å². The van der Waals surface area contributed by atoms with E-state index >= 15 is 0 Å². The number of nitrogens with zero attached hydrogens (tertiary/aromatic N) is 4. The molecular weight excluding hydrogens is 382 g/mol. The quantitative estimate of drug-likeness (QED) is 0.706. The van der Waals surface area contributed by atoms with Gasteiger partial charge in [-0.05, 0) is 49.7 Å². The lowest BCUT2D eigenvalue weighted by atomic mass is 10.0. The first-order chi connectivity index (χ1) is 14.2. The Morgan fingerprint density at radius 2 is 1.69 bits per heavy atom. The van der Waals surface area contributed by atoms with Gasteiger partial charge in [-0.3, -0.25) is 4.90 Å². The van der Waals surface area contributed by atoms with Crippen molar-refractivity contribution in [2.75, 3.05) is 51.2 Å². The standard InChI is InChI=1S/C23H28ClN5/c1-27-12-14-29(15-13-27)19-7-10-28(11-8-19)18-4-2-17(3-5-18)22-16-20-21(24)6-9-25-23(20)26-22/h2-6,9,16,19H,7-8,10-15H2,1H3,(H,25,26). The van der Waals surface area contributed by atoms with Gasteiger partial charge in [-0.15, -0.1) is 0 Å². The van der Waals surface area contributed by atoms with Crippen LogP contribution in [0.15, 0.2) is 42.6 Å². The molecule has 2 aromatic heterocycles. The highest BCUT2D eigenvalue weighted by molar-refractivity contribution is 6.35. The molecule has 3 aromatic rings. The van der Waals surface area contributed by atoms with Crippen LogP contribution in [0.2, 0.25) is 5.02 Å². The average Bonchev–Trinajstić information content (AvgIpc) is 3.21. The molecule has 0 aliphatic carbocycles. The van der Waals surface area contributed by atoms with Gasteiger partial charge in [0, 0.05) is 68.3 Å². The number of halogens is 1. The van der Waals surface area contributed by atoms with Crippen LogP contribution in [0.3, 0.4) is 0 Å². The summed E-state index contributed by atoms with van der Waals surface area (Å²) in [4.78, 5) is 15.4. The Morgan fingerprint density at radius 3 is 2.38 bits per heavy atom. The number of aromatic amines is 1. The molecule has 4 heterocycles. The van der Waals surface area contributed by atoms with Gasteiger partial charge in [0.25, 0.3) is 0 Å². The molecule has 0 radical (unpaired) electrons. The Kier molecular flexibility index (Phi) is 5.20. The molecular formula is C23H28ClN5. The van der Waals surface area contributed by atoms with Crippen molar-refractivity contribution in [2.45, 2.75) is 18.9 Å². The zero-order valence-corrected chi connectivity index (χ0v) is 17.7. The molecule has 0 bridgehead atoms. The summed E-state index contributed by atoms with van der Waals surface area (Å²) in [5.74, 6) is 0. The van der Waals surface area contributed by atoms with Gasteiger partial charge < -0.3 is 14.8 Å². The Hall–Kier alpha value is -2.08. The topological polar surface area (TPSA) is 38.4 Å². The number of hydrogen-bond acceptors (Lipinski definition) is 4. The van der Waals surface area contributed by atoms with E-state index < -0.39 is 0 Å². The fourth-order valence-corrected chi connectivity index (χ4v) is 4.88. The monoisotopic (exact) mass is 409 g/mol. The number of fused-ring (bicyclic) bond motifs is 1. The van der Waals surface area contributed by atoms with E-state index in [2.05, 4.69) is 62.0 Å². The van der Waals surface area contributed by atoms with E-state index in [4.69, 9.17) is 11.6 Å². The minimum Gasteiger partial charge on any atom is -0.371 e. The molecule has 2 aliphatic rings. The van der Waals surface area contributed by atoms with Crippen LogP contribution in [0, 0.1) is 0 Å². The Labute approximate surface area is 177 Å². The highest BCUT2D eigenvalue weighted by Crippen LogP contribution is 2.30. The van der Waals surface area contributed by atoms with Crippen LogP contribution in [0.1, 0.15) is 12.8 Å². The fraction of sp³-hybridized carbons (Fsp3) is 0.435. The normalized spacial score (nSPS) is 19.9. The molecule has 0 spiro atoms. The summed E-state index contributed by atoms with van der Waals surface area (Å²) in [6, 6.07) is 13.5. The summed E-state index contributed by atoms with van der Waals surface area (Å²) in [5.41, 5.74) is 4.37. The molecule has 6 heteroatoms. The van der Waals surface area contributed by atoms with Crippen LogP contribution >= 0.6 is 11.6 Å². The van der Waals surface area contributed by atoms with Gasteiger partial charge in [-0.1, -0.05) is 23.7 Å². The largest absolute Gasteiger partial charge is 0.371 e. The number of H-pyrrole nitrogens is 1. The van der Waals surface area contributed by atoms with Gasteiger partial charge in [0.05, 0.1) is 5.02 Å². The number of nitrogens with one attached hydrogen (secondary N) is 1. The van der Waals surface area contributed by atoms with Crippen molar-refractivity contribution in [3.05, 3.63) is 47.6 Å². The molecule has 2 saturated heterocycles. The lowest BCUT2D eigenvalue weighted by Gasteiger charge is -2.42. The zero-order chi connectivity index (χ0) is 19.8. The van der Waals surface area contributed by atoms with Crippen molar-refractivity contribution < 1.29 is 0 Å². The number of rotatable bonds is 3. The number of piperidine rings is 1. The minimum atomic E-state index is 0.734. The number of aromatic nitrogens is 2. The highest BCUT2D eigenvalue weighted by atomic mass is 35.5. The third-order valence-electron chi connectivity index (χ3n) is 6.54. The SMILES string of the molecule is CN1CCN(C2CCN(c3ccc(-c4cc5c(Cl)ccnc5[nH]4)cc3)CC2)CC1. The van der Waals surface area contributed by atoms with E-state index in [0.717, 1.165) is 46.4 Å². The number of piperazine rings is 1. The molecule has 2 aliphatic heterocycles. The molecule has 0 saturated carbocycles. The van der Waals surface area contributed by atoms with Crippen molar-refractivity contribution in [1.29, 1.82) is 0 Å². The number of likely N-dealkylation sites (N-methyl/N-ethyl adjacent to an activating group) is 1. The third-order valence-corrected chi connectivity index (χ3v) is 6.87. The smallest absolute Gasteiger partial charge is 0.139 e. The summed E-state index contributed by atoms with van der Waals surface area (Å²) in [6.07, 6.45) is 4.26. The molecule has 0 unspecified atom stereocenters. The molecule has 0 amide bonds. The summed E-state index contributed by atoms with van der Waals surface area (Å²) in [5, 5.41) is 1.71. The number of anilines is 1. The maximum absolute atomic E-state index is 6.29. The Morgan fingerprint density at radius 1 is 0.966 bits per heavy atom. The van der Waals surface area contributed by atoms with E-state index in [-0.39, 0.29) is 0 Å². The molecule has 2 fully saturated rings. The predicted octanol–water partition coefficient (Wildman–Crippen LogP) is 4.10. The van der Waals surface area contributed by atoms with E-state index in [0.29, 0.717) is 0 Å². The fourth-order valence-electron chi connectivity index (χ4n) is 4.68. The summed E-state index contributed by atoms with van der Waals surface area (Å²) >= 11 is 6.29. The van der Waals surface area contributed by atoms with Crippen LogP contribution < -0.4 is 4.90 Å². The molecule has 29 heavy (non-hydrogen) atoms. The van der Waals surface area contributed by atoms with Gasteiger partial charge in [-0.2, -0.15) is 0 Å². The Bertz CT molecular complexity index is 967. The first-order valence-corrected chi connectivity index (χ1v) is 11.0. The molecule has 5 nitrogen and oxygen atoms in total. The lowest BCUT2D eigenvalue weighted by molar-refractivity contribution is 0.0982. The maximum Gasteiger partial charge on any atom is 0.139 e.